The van der Waals surface area contributed by atoms with E-state index in [1.807, 2.05) is 18.1 Å². The number of nitrogens with zero attached hydrogens (tertiary/aromatic N) is 3. The fourth-order valence-corrected chi connectivity index (χ4v) is 3.51. The maximum atomic E-state index is 12.7. The van der Waals surface area contributed by atoms with Gasteiger partial charge >= 0.3 is 0 Å². The van der Waals surface area contributed by atoms with Crippen molar-refractivity contribution < 1.29 is 9.59 Å². The number of hydrogen-bond donors (Lipinski definition) is 2. The SMILES string of the molecule is CNC(C(=O)Nc1ccc(C(=O)N2CCCCC2C)cc1)c1cnn(C)c1. The molecule has 27 heavy (non-hydrogen) atoms. The van der Waals surface area contributed by atoms with Crippen LogP contribution in [0.4, 0.5) is 5.69 Å². The van der Waals surface area contributed by atoms with E-state index in [1.165, 1.54) is 6.42 Å². The number of nitrogens with one attached hydrogen (secondary N) is 2. The first-order valence-electron chi connectivity index (χ1n) is 9.37. The summed E-state index contributed by atoms with van der Waals surface area (Å²) in [5.41, 5.74) is 2.11. The van der Waals surface area contributed by atoms with E-state index < -0.39 is 6.04 Å². The molecule has 144 valence electrons. The highest BCUT2D eigenvalue weighted by atomic mass is 16.2. The van der Waals surface area contributed by atoms with Crippen molar-refractivity contribution >= 4 is 17.5 Å². The van der Waals surface area contributed by atoms with Gasteiger partial charge in [0.25, 0.3) is 5.91 Å². The minimum atomic E-state index is -0.491. The number of anilines is 1. The topological polar surface area (TPSA) is 79.3 Å². The first-order chi connectivity index (χ1) is 13.0. The molecular formula is C20H27N5O2. The molecule has 0 saturated carbocycles. The van der Waals surface area contributed by atoms with Crippen molar-refractivity contribution in [2.75, 3.05) is 18.9 Å². The Morgan fingerprint density at radius 3 is 2.56 bits per heavy atom. The van der Waals surface area contributed by atoms with Gasteiger partial charge in [0.1, 0.15) is 6.04 Å². The molecule has 7 nitrogen and oxygen atoms in total. The Balaban J connectivity index is 1.66. The number of carbonyl (C=O) groups excluding carboxylic acids is 2. The average molecular weight is 369 g/mol. The number of carbonyl (C=O) groups is 2. The van der Waals surface area contributed by atoms with Crippen LogP contribution in [0.2, 0.25) is 0 Å². The number of aryl methyl sites for hydroxylation is 1. The summed E-state index contributed by atoms with van der Waals surface area (Å²) in [7, 11) is 3.55. The lowest BCUT2D eigenvalue weighted by Gasteiger charge is -2.33. The number of likely N-dealkylation sites (tertiary alicyclic amines) is 1. The minimum Gasteiger partial charge on any atom is -0.336 e. The molecule has 0 radical (unpaired) electrons. The van der Waals surface area contributed by atoms with Crippen LogP contribution in [-0.2, 0) is 11.8 Å². The molecule has 1 aliphatic heterocycles. The highest BCUT2D eigenvalue weighted by Crippen LogP contribution is 2.21. The summed E-state index contributed by atoms with van der Waals surface area (Å²) in [5.74, 6) is -0.113. The summed E-state index contributed by atoms with van der Waals surface area (Å²) in [4.78, 5) is 27.2. The Hall–Kier alpha value is -2.67. The van der Waals surface area contributed by atoms with Crippen LogP contribution in [0.15, 0.2) is 36.7 Å². The zero-order chi connectivity index (χ0) is 19.4. The van der Waals surface area contributed by atoms with Crippen molar-refractivity contribution in [1.82, 2.24) is 20.0 Å². The van der Waals surface area contributed by atoms with Crippen molar-refractivity contribution in [1.29, 1.82) is 0 Å². The molecule has 3 rings (SSSR count). The lowest BCUT2D eigenvalue weighted by Crippen LogP contribution is -2.42. The molecule has 1 aliphatic rings. The van der Waals surface area contributed by atoms with Crippen LogP contribution in [0.25, 0.3) is 0 Å². The summed E-state index contributed by atoms with van der Waals surface area (Å²) in [6.07, 6.45) is 6.77. The molecule has 2 N–H and O–H groups in total. The largest absolute Gasteiger partial charge is 0.336 e. The van der Waals surface area contributed by atoms with Crippen LogP contribution in [0.5, 0.6) is 0 Å². The number of benzene rings is 1. The van der Waals surface area contributed by atoms with Gasteiger partial charge in [0.05, 0.1) is 6.20 Å². The number of amides is 2. The zero-order valence-electron chi connectivity index (χ0n) is 16.1. The average Bonchev–Trinajstić information content (AvgIpc) is 3.09. The lowest BCUT2D eigenvalue weighted by atomic mass is 10.0. The molecule has 1 aromatic heterocycles. The highest BCUT2D eigenvalue weighted by Gasteiger charge is 2.24. The maximum absolute atomic E-state index is 12.7. The van der Waals surface area contributed by atoms with Crippen LogP contribution in [-0.4, -0.2) is 46.1 Å². The van der Waals surface area contributed by atoms with Crippen molar-refractivity contribution in [3.63, 3.8) is 0 Å². The van der Waals surface area contributed by atoms with Crippen LogP contribution in [0.3, 0.4) is 0 Å². The first-order valence-corrected chi connectivity index (χ1v) is 9.37. The van der Waals surface area contributed by atoms with E-state index in [9.17, 15) is 9.59 Å². The monoisotopic (exact) mass is 369 g/mol. The van der Waals surface area contributed by atoms with Gasteiger partial charge in [0, 0.05) is 42.6 Å². The third kappa shape index (κ3) is 4.36. The smallest absolute Gasteiger partial charge is 0.254 e. The van der Waals surface area contributed by atoms with Crippen molar-refractivity contribution in [3.8, 4) is 0 Å². The van der Waals surface area contributed by atoms with Gasteiger partial charge in [-0.15, -0.1) is 0 Å². The van der Waals surface area contributed by atoms with Gasteiger partial charge in [0.15, 0.2) is 0 Å². The van der Waals surface area contributed by atoms with Crippen LogP contribution in [0.1, 0.15) is 48.1 Å². The van der Waals surface area contributed by atoms with E-state index in [4.69, 9.17) is 0 Å². The molecule has 7 heteroatoms. The summed E-state index contributed by atoms with van der Waals surface area (Å²) in [6, 6.07) is 6.89. The Morgan fingerprint density at radius 2 is 1.96 bits per heavy atom. The predicted octanol–water partition coefficient (Wildman–Crippen LogP) is 2.33. The van der Waals surface area contributed by atoms with Crippen molar-refractivity contribution in [2.45, 2.75) is 38.3 Å². The van der Waals surface area contributed by atoms with Gasteiger partial charge in [0.2, 0.25) is 5.91 Å². The third-order valence-corrected chi connectivity index (χ3v) is 5.07. The Morgan fingerprint density at radius 1 is 1.22 bits per heavy atom. The van der Waals surface area contributed by atoms with E-state index in [-0.39, 0.29) is 17.9 Å². The van der Waals surface area contributed by atoms with Crippen LogP contribution in [0, 0.1) is 0 Å². The van der Waals surface area contributed by atoms with Gasteiger partial charge in [-0.3, -0.25) is 14.3 Å². The quantitative estimate of drug-likeness (QED) is 0.848. The van der Waals surface area contributed by atoms with E-state index in [0.29, 0.717) is 11.3 Å². The Kier molecular flexibility index (Phi) is 5.91. The molecule has 2 unspecified atom stereocenters. The lowest BCUT2D eigenvalue weighted by molar-refractivity contribution is -0.118. The molecule has 1 aromatic carbocycles. The molecule has 0 aliphatic carbocycles. The number of rotatable bonds is 5. The maximum Gasteiger partial charge on any atom is 0.254 e. The van der Waals surface area contributed by atoms with Gasteiger partial charge in [-0.05, 0) is 57.5 Å². The molecular weight excluding hydrogens is 342 g/mol. The first kappa shape index (κ1) is 19.1. The van der Waals surface area contributed by atoms with Gasteiger partial charge in [-0.25, -0.2) is 0 Å². The predicted molar refractivity (Wildman–Crippen MR) is 104 cm³/mol. The molecule has 0 bridgehead atoms. The van der Waals surface area contributed by atoms with Gasteiger partial charge in [-0.2, -0.15) is 5.10 Å². The van der Waals surface area contributed by atoms with Crippen molar-refractivity contribution in [2.24, 2.45) is 7.05 Å². The van der Waals surface area contributed by atoms with E-state index in [2.05, 4.69) is 22.7 Å². The van der Waals surface area contributed by atoms with Gasteiger partial charge in [-0.1, -0.05) is 0 Å². The molecule has 2 aromatic rings. The van der Waals surface area contributed by atoms with E-state index >= 15 is 0 Å². The normalized spacial score (nSPS) is 18.2. The highest BCUT2D eigenvalue weighted by molar-refractivity contribution is 5.97. The molecule has 1 fully saturated rings. The molecule has 0 spiro atoms. The van der Waals surface area contributed by atoms with Gasteiger partial charge < -0.3 is 15.5 Å². The van der Waals surface area contributed by atoms with Crippen molar-refractivity contribution in [3.05, 3.63) is 47.8 Å². The standard InChI is InChI=1S/C20H27N5O2/c1-14-6-4-5-11-25(14)20(27)15-7-9-17(10-8-15)23-19(26)18(21-2)16-12-22-24(3)13-16/h7-10,12-14,18,21H,4-6,11H2,1-3H3,(H,23,26). The second kappa shape index (κ2) is 8.35. The number of aromatic nitrogens is 2. The second-order valence-corrected chi connectivity index (χ2v) is 7.08. The minimum absolute atomic E-state index is 0.0588. The fourth-order valence-electron chi connectivity index (χ4n) is 3.51. The number of likely N-dealkylation sites (N-methyl/N-ethyl adjacent to an activating group) is 1. The molecule has 1 saturated heterocycles. The summed E-state index contributed by atoms with van der Waals surface area (Å²) in [6.45, 7) is 2.91. The Bertz CT molecular complexity index is 799. The van der Waals surface area contributed by atoms with E-state index in [0.717, 1.165) is 24.9 Å². The van der Waals surface area contributed by atoms with Crippen LogP contribution < -0.4 is 10.6 Å². The zero-order valence-corrected chi connectivity index (χ0v) is 16.1. The third-order valence-electron chi connectivity index (χ3n) is 5.07. The Labute approximate surface area is 159 Å². The number of piperidine rings is 1. The molecule has 2 amide bonds. The summed E-state index contributed by atoms with van der Waals surface area (Å²) < 4.78 is 1.66. The van der Waals surface area contributed by atoms with Crippen LogP contribution >= 0.6 is 0 Å². The fraction of sp³-hybridized carbons (Fsp3) is 0.450. The summed E-state index contributed by atoms with van der Waals surface area (Å²) in [5, 5.41) is 10.0. The second-order valence-electron chi connectivity index (χ2n) is 7.08. The molecule has 2 heterocycles. The molecule has 2 atom stereocenters. The number of hydrogen-bond acceptors (Lipinski definition) is 4. The van der Waals surface area contributed by atoms with E-state index in [1.54, 1.807) is 42.2 Å². The summed E-state index contributed by atoms with van der Waals surface area (Å²) >= 11 is 0.